The van der Waals surface area contributed by atoms with Crippen molar-refractivity contribution >= 4 is 29.0 Å². The average Bonchev–Trinajstić information content (AvgIpc) is 3.38. The fourth-order valence-corrected chi connectivity index (χ4v) is 5.32. The molecule has 0 saturated heterocycles. The molecule has 0 radical (unpaired) electrons. The smallest absolute Gasteiger partial charge is 0.435 e. The first-order chi connectivity index (χ1) is 18.8. The Labute approximate surface area is 226 Å². The van der Waals surface area contributed by atoms with Gasteiger partial charge in [0.25, 0.3) is 5.91 Å². The average molecular weight is 554 g/mol. The normalized spacial score (nSPS) is 16.7. The molecule has 39 heavy (non-hydrogen) atoms. The number of ether oxygens (including phenoxy) is 1. The molecule has 4 heterocycles. The van der Waals surface area contributed by atoms with Crippen LogP contribution in [0.5, 0.6) is 0 Å². The number of nitrogens with one attached hydrogen (secondary N) is 1. The molecule has 2 aliphatic rings. The summed E-state index contributed by atoms with van der Waals surface area (Å²) in [6.45, 7) is 1.87. The van der Waals surface area contributed by atoms with Gasteiger partial charge in [-0.25, -0.2) is 19.2 Å². The number of thiazole rings is 1. The van der Waals surface area contributed by atoms with Gasteiger partial charge < -0.3 is 10.1 Å². The minimum atomic E-state index is -0.851. The number of pyridine rings is 1. The van der Waals surface area contributed by atoms with Crippen molar-refractivity contribution in [2.24, 2.45) is 0 Å². The second-order valence-electron chi connectivity index (χ2n) is 10.1. The number of anilines is 1. The Morgan fingerprint density at radius 2 is 1.90 bits per heavy atom. The maximum Gasteiger partial charge on any atom is 0.435 e. The van der Waals surface area contributed by atoms with Crippen LogP contribution in [0.4, 0.5) is 19.3 Å². The van der Waals surface area contributed by atoms with Gasteiger partial charge in [-0.2, -0.15) is 19.3 Å². The number of halogens is 2. The Balaban J connectivity index is 1.24. The van der Waals surface area contributed by atoms with Crippen LogP contribution in [0.2, 0.25) is 0 Å². The summed E-state index contributed by atoms with van der Waals surface area (Å²) in [5, 5.41) is 13.4. The monoisotopic (exact) mass is 553 g/mol. The molecule has 1 N–H and O–H groups in total. The van der Waals surface area contributed by atoms with Gasteiger partial charge in [0.1, 0.15) is 27.7 Å². The van der Waals surface area contributed by atoms with E-state index in [1.807, 2.05) is 6.92 Å². The molecule has 6 rings (SSSR count). The number of carbonyl (C=O) groups excluding carboxylic acids is 2. The number of nitrogens with zero attached hydrogens (tertiary/aromatic N) is 6. The minimum absolute atomic E-state index is 0.0468. The van der Waals surface area contributed by atoms with Crippen molar-refractivity contribution in [3.05, 3.63) is 53.6 Å². The quantitative estimate of drug-likeness (QED) is 0.298. The molecule has 2 aliphatic carbocycles. The first-order valence-electron chi connectivity index (χ1n) is 12.7. The van der Waals surface area contributed by atoms with E-state index in [4.69, 9.17) is 4.74 Å². The van der Waals surface area contributed by atoms with Crippen LogP contribution in [0.3, 0.4) is 0 Å². The molecule has 1 amide bonds. The van der Waals surface area contributed by atoms with E-state index >= 15 is 0 Å². The Morgan fingerprint density at radius 3 is 2.67 bits per heavy atom. The minimum Gasteiger partial charge on any atom is -0.442 e. The van der Waals surface area contributed by atoms with Crippen molar-refractivity contribution in [2.45, 2.75) is 63.5 Å². The SMILES string of the molecule is CC1(OC(=O)n2cc(-c3nc(C(=O)Nc4cn(C5CCCCC5)nc4-c4nc(F)ccc4F)cs3)cn2)CC1. The van der Waals surface area contributed by atoms with E-state index in [0.29, 0.717) is 10.6 Å². The molecule has 2 saturated carbocycles. The molecule has 0 aliphatic heterocycles. The number of hydrogen-bond donors (Lipinski definition) is 1. The number of hydrogen-bond acceptors (Lipinski definition) is 8. The Bertz CT molecular complexity index is 1550. The molecule has 0 atom stereocenters. The highest BCUT2D eigenvalue weighted by molar-refractivity contribution is 7.13. The van der Waals surface area contributed by atoms with Crippen LogP contribution in [0, 0.1) is 11.8 Å². The predicted octanol–water partition coefficient (Wildman–Crippen LogP) is 5.84. The van der Waals surface area contributed by atoms with Gasteiger partial charge in [0.05, 0.1) is 17.9 Å². The van der Waals surface area contributed by atoms with Crippen molar-refractivity contribution in [1.82, 2.24) is 29.5 Å². The van der Waals surface area contributed by atoms with Gasteiger partial charge in [0.15, 0.2) is 5.82 Å². The second kappa shape index (κ2) is 9.95. The van der Waals surface area contributed by atoms with Crippen molar-refractivity contribution in [3.8, 4) is 22.0 Å². The lowest BCUT2D eigenvalue weighted by Crippen LogP contribution is -2.21. The Hall–Kier alpha value is -4.00. The lowest BCUT2D eigenvalue weighted by molar-refractivity contribution is 0.0918. The lowest BCUT2D eigenvalue weighted by atomic mass is 9.96. The van der Waals surface area contributed by atoms with E-state index in [0.717, 1.165) is 61.8 Å². The zero-order valence-corrected chi connectivity index (χ0v) is 21.9. The molecule has 0 unspecified atom stereocenters. The van der Waals surface area contributed by atoms with Crippen LogP contribution in [-0.2, 0) is 4.74 Å². The zero-order chi connectivity index (χ0) is 27.1. The first-order valence-corrected chi connectivity index (χ1v) is 13.6. The molecule has 4 aromatic rings. The van der Waals surface area contributed by atoms with Crippen molar-refractivity contribution in [1.29, 1.82) is 0 Å². The summed E-state index contributed by atoms with van der Waals surface area (Å²) in [6, 6.07) is 2.01. The van der Waals surface area contributed by atoms with Gasteiger partial charge in [-0.05, 0) is 44.7 Å². The molecule has 0 bridgehead atoms. The van der Waals surface area contributed by atoms with Crippen molar-refractivity contribution in [2.75, 3.05) is 5.32 Å². The molecule has 4 aromatic heterocycles. The van der Waals surface area contributed by atoms with Gasteiger partial charge in [0.2, 0.25) is 5.95 Å². The largest absolute Gasteiger partial charge is 0.442 e. The zero-order valence-electron chi connectivity index (χ0n) is 21.1. The maximum absolute atomic E-state index is 14.6. The lowest BCUT2D eigenvalue weighted by Gasteiger charge is -2.21. The highest BCUT2D eigenvalue weighted by Crippen LogP contribution is 2.39. The van der Waals surface area contributed by atoms with Crippen LogP contribution < -0.4 is 5.32 Å². The standard InChI is InChI=1S/C26H25F2N7O3S/c1-26(9-10-26)38-25(37)35-12-15(11-29-35)24-31-19(14-39-24)23(36)30-18-13-34(16-5-3-2-4-6-16)33-22(18)21-17(27)7-8-20(28)32-21/h7-8,11-14,16H,2-6,9-10H2,1H3,(H,30,36). The molecule has 10 nitrogen and oxygen atoms in total. The summed E-state index contributed by atoms with van der Waals surface area (Å²) in [7, 11) is 0. The summed E-state index contributed by atoms with van der Waals surface area (Å²) in [5.41, 5.74) is 0.210. The number of carbonyl (C=O) groups is 2. The molecular weight excluding hydrogens is 528 g/mol. The van der Waals surface area contributed by atoms with Crippen LogP contribution in [-0.4, -0.2) is 47.1 Å². The fraction of sp³-hybridized carbons (Fsp3) is 0.385. The van der Waals surface area contributed by atoms with Crippen molar-refractivity contribution < 1.29 is 23.1 Å². The third-order valence-electron chi connectivity index (χ3n) is 7.01. The van der Waals surface area contributed by atoms with Crippen LogP contribution >= 0.6 is 11.3 Å². The van der Waals surface area contributed by atoms with E-state index in [9.17, 15) is 18.4 Å². The fourth-order valence-electron chi connectivity index (χ4n) is 4.54. The molecular formula is C26H25F2N7O3S. The number of rotatable bonds is 6. The number of amides is 1. The third kappa shape index (κ3) is 5.31. The molecule has 2 fully saturated rings. The van der Waals surface area contributed by atoms with Gasteiger partial charge in [-0.15, -0.1) is 11.3 Å². The molecule has 202 valence electrons. The van der Waals surface area contributed by atoms with Crippen molar-refractivity contribution in [3.63, 3.8) is 0 Å². The van der Waals surface area contributed by atoms with E-state index < -0.39 is 29.4 Å². The molecule has 0 aromatic carbocycles. The van der Waals surface area contributed by atoms with Crippen LogP contribution in [0.1, 0.15) is 68.4 Å². The van der Waals surface area contributed by atoms with Gasteiger partial charge >= 0.3 is 6.09 Å². The topological polar surface area (TPSA) is 117 Å². The van der Waals surface area contributed by atoms with Crippen LogP contribution in [0.25, 0.3) is 22.0 Å². The summed E-state index contributed by atoms with van der Waals surface area (Å²) < 4.78 is 36.8. The van der Waals surface area contributed by atoms with Gasteiger partial charge in [0, 0.05) is 23.3 Å². The first kappa shape index (κ1) is 25.3. The van der Waals surface area contributed by atoms with Crippen LogP contribution in [0.15, 0.2) is 36.1 Å². The highest BCUT2D eigenvalue weighted by Gasteiger charge is 2.42. The Morgan fingerprint density at radius 1 is 1.10 bits per heavy atom. The van der Waals surface area contributed by atoms with Gasteiger partial charge in [-0.3, -0.25) is 9.48 Å². The Kier molecular flexibility index (Phi) is 6.45. The van der Waals surface area contributed by atoms with E-state index in [-0.39, 0.29) is 28.8 Å². The second-order valence-corrected chi connectivity index (χ2v) is 11.0. The molecule has 0 spiro atoms. The van der Waals surface area contributed by atoms with E-state index in [1.54, 1.807) is 16.3 Å². The summed E-state index contributed by atoms with van der Waals surface area (Å²) in [4.78, 5) is 33.6. The predicted molar refractivity (Wildman–Crippen MR) is 138 cm³/mol. The van der Waals surface area contributed by atoms with E-state index in [2.05, 4.69) is 25.5 Å². The molecule has 13 heteroatoms. The summed E-state index contributed by atoms with van der Waals surface area (Å²) in [5.74, 6) is -2.15. The summed E-state index contributed by atoms with van der Waals surface area (Å²) >= 11 is 1.20. The number of aromatic nitrogens is 6. The van der Waals surface area contributed by atoms with Gasteiger partial charge in [-0.1, -0.05) is 19.3 Å². The maximum atomic E-state index is 14.6. The summed E-state index contributed by atoms with van der Waals surface area (Å²) in [6.07, 6.45) is 10.7. The highest BCUT2D eigenvalue weighted by atomic mass is 32.1. The third-order valence-corrected chi connectivity index (χ3v) is 7.90. The van der Waals surface area contributed by atoms with E-state index in [1.165, 1.54) is 23.7 Å².